The maximum atomic E-state index is 12.7. The zero-order chi connectivity index (χ0) is 12.3. The highest BCUT2D eigenvalue weighted by atomic mass is 19.1. The minimum atomic E-state index is -0.213. The van der Waals surface area contributed by atoms with Gasteiger partial charge in [0.2, 0.25) is 0 Å². The lowest BCUT2D eigenvalue weighted by Crippen LogP contribution is -2.05. The van der Waals surface area contributed by atoms with Gasteiger partial charge in [0.05, 0.1) is 6.54 Å². The van der Waals surface area contributed by atoms with Crippen LogP contribution in [0.4, 0.5) is 4.39 Å². The Labute approximate surface area is 99.3 Å². The Balaban J connectivity index is 1.99. The lowest BCUT2D eigenvalue weighted by atomic mass is 10.1. The number of hydrogen-bond donors (Lipinski definition) is 1. The largest absolute Gasteiger partial charge is 0.324 e. The van der Waals surface area contributed by atoms with Crippen molar-refractivity contribution in [3.05, 3.63) is 47.3 Å². The van der Waals surface area contributed by atoms with Crippen molar-refractivity contribution in [2.45, 2.75) is 19.4 Å². The number of hydrogen-bond acceptors (Lipinski definition) is 3. The van der Waals surface area contributed by atoms with Crippen LogP contribution in [-0.4, -0.2) is 14.8 Å². The first-order valence-corrected chi connectivity index (χ1v) is 5.52. The first-order valence-electron chi connectivity index (χ1n) is 5.52. The second-order valence-corrected chi connectivity index (χ2v) is 3.90. The van der Waals surface area contributed by atoms with Crippen molar-refractivity contribution in [1.29, 1.82) is 0 Å². The molecule has 0 atom stereocenters. The molecule has 0 spiro atoms. The zero-order valence-electron chi connectivity index (χ0n) is 9.73. The van der Waals surface area contributed by atoms with Crippen LogP contribution in [0.3, 0.4) is 0 Å². The summed E-state index contributed by atoms with van der Waals surface area (Å²) >= 11 is 0. The van der Waals surface area contributed by atoms with Crippen molar-refractivity contribution in [3.8, 4) is 0 Å². The van der Waals surface area contributed by atoms with Crippen molar-refractivity contribution in [2.24, 2.45) is 12.8 Å². The molecule has 1 aromatic carbocycles. The number of halogens is 1. The molecule has 0 unspecified atom stereocenters. The number of rotatable bonds is 4. The Kier molecular flexibility index (Phi) is 3.49. The quantitative estimate of drug-likeness (QED) is 0.864. The molecule has 0 amide bonds. The number of aryl methyl sites for hydroxylation is 3. The van der Waals surface area contributed by atoms with Gasteiger partial charge in [0.15, 0.2) is 5.82 Å². The summed E-state index contributed by atoms with van der Waals surface area (Å²) in [6, 6.07) is 6.49. The van der Waals surface area contributed by atoms with Crippen LogP contribution in [0.25, 0.3) is 0 Å². The molecule has 0 radical (unpaired) electrons. The van der Waals surface area contributed by atoms with Gasteiger partial charge in [-0.05, 0) is 24.1 Å². The Morgan fingerprint density at radius 3 is 2.53 bits per heavy atom. The van der Waals surface area contributed by atoms with Gasteiger partial charge in [-0.25, -0.2) is 9.37 Å². The highest BCUT2D eigenvalue weighted by Crippen LogP contribution is 2.06. The molecule has 4 nitrogen and oxygen atoms in total. The van der Waals surface area contributed by atoms with Gasteiger partial charge in [-0.15, -0.1) is 0 Å². The second kappa shape index (κ2) is 5.05. The van der Waals surface area contributed by atoms with Crippen LogP contribution in [0, 0.1) is 5.82 Å². The van der Waals surface area contributed by atoms with Crippen molar-refractivity contribution < 1.29 is 4.39 Å². The predicted octanol–water partition coefficient (Wildman–Crippen LogP) is 1.20. The van der Waals surface area contributed by atoms with E-state index in [1.165, 1.54) is 12.1 Å². The molecular formula is C12H15FN4. The summed E-state index contributed by atoms with van der Waals surface area (Å²) in [5.74, 6) is 1.34. The van der Waals surface area contributed by atoms with Crippen LogP contribution in [0.2, 0.25) is 0 Å². The first-order chi connectivity index (χ1) is 8.19. The van der Waals surface area contributed by atoms with Crippen LogP contribution in [0.5, 0.6) is 0 Å². The molecule has 90 valence electrons. The average Bonchev–Trinajstić information content (AvgIpc) is 2.69. The maximum Gasteiger partial charge on any atom is 0.151 e. The van der Waals surface area contributed by atoms with E-state index in [-0.39, 0.29) is 5.82 Å². The van der Waals surface area contributed by atoms with Crippen LogP contribution in [0.1, 0.15) is 17.2 Å². The first kappa shape index (κ1) is 11.7. The third-order valence-corrected chi connectivity index (χ3v) is 2.63. The van der Waals surface area contributed by atoms with E-state index < -0.39 is 0 Å². The monoisotopic (exact) mass is 234 g/mol. The molecular weight excluding hydrogens is 219 g/mol. The zero-order valence-corrected chi connectivity index (χ0v) is 9.73. The highest BCUT2D eigenvalue weighted by Gasteiger charge is 2.05. The Bertz CT molecular complexity index is 490. The minimum Gasteiger partial charge on any atom is -0.324 e. The number of aromatic nitrogens is 3. The van der Waals surface area contributed by atoms with E-state index in [1.807, 2.05) is 7.05 Å². The number of nitrogens with zero attached hydrogens (tertiary/aromatic N) is 3. The van der Waals surface area contributed by atoms with Crippen LogP contribution >= 0.6 is 0 Å². The average molecular weight is 234 g/mol. The third-order valence-electron chi connectivity index (χ3n) is 2.63. The van der Waals surface area contributed by atoms with E-state index in [4.69, 9.17) is 5.73 Å². The smallest absolute Gasteiger partial charge is 0.151 e. The summed E-state index contributed by atoms with van der Waals surface area (Å²) < 4.78 is 14.4. The Morgan fingerprint density at radius 2 is 1.94 bits per heavy atom. The lowest BCUT2D eigenvalue weighted by molar-refractivity contribution is 0.627. The number of nitrogens with two attached hydrogens (primary N) is 1. The Morgan fingerprint density at radius 1 is 1.24 bits per heavy atom. The molecule has 1 heterocycles. The molecule has 0 aliphatic rings. The molecule has 0 saturated heterocycles. The molecule has 0 fully saturated rings. The summed E-state index contributed by atoms with van der Waals surface area (Å²) in [6.45, 7) is 0.389. The van der Waals surface area contributed by atoms with Crippen LogP contribution in [0.15, 0.2) is 24.3 Å². The summed E-state index contributed by atoms with van der Waals surface area (Å²) in [5, 5.41) is 4.27. The van der Waals surface area contributed by atoms with Gasteiger partial charge >= 0.3 is 0 Å². The van der Waals surface area contributed by atoms with Gasteiger partial charge in [0, 0.05) is 13.5 Å². The molecule has 0 aliphatic carbocycles. The molecule has 2 aromatic rings. The fourth-order valence-corrected chi connectivity index (χ4v) is 1.67. The van der Waals surface area contributed by atoms with Gasteiger partial charge in [0.25, 0.3) is 0 Å². The highest BCUT2D eigenvalue weighted by molar-refractivity contribution is 5.16. The normalized spacial score (nSPS) is 10.8. The molecule has 1 aromatic heterocycles. The van der Waals surface area contributed by atoms with E-state index in [2.05, 4.69) is 10.1 Å². The molecule has 0 saturated carbocycles. The molecule has 2 rings (SSSR count). The van der Waals surface area contributed by atoms with Gasteiger partial charge < -0.3 is 5.73 Å². The topological polar surface area (TPSA) is 56.7 Å². The minimum absolute atomic E-state index is 0.213. The van der Waals surface area contributed by atoms with Crippen LogP contribution < -0.4 is 5.73 Å². The fraction of sp³-hybridized carbons (Fsp3) is 0.333. The molecule has 17 heavy (non-hydrogen) atoms. The number of benzene rings is 1. The standard InChI is InChI=1S/C12H15FN4/c1-17-12(8-14)15-11(16-17)7-4-9-2-5-10(13)6-3-9/h2-3,5-6H,4,7-8,14H2,1H3. The molecule has 0 bridgehead atoms. The third kappa shape index (κ3) is 2.88. The maximum absolute atomic E-state index is 12.7. The van der Waals surface area contributed by atoms with Gasteiger partial charge in [-0.2, -0.15) is 5.10 Å². The van der Waals surface area contributed by atoms with E-state index in [9.17, 15) is 4.39 Å². The fourth-order valence-electron chi connectivity index (χ4n) is 1.67. The summed E-state index contributed by atoms with van der Waals surface area (Å²) in [6.07, 6.45) is 1.54. The van der Waals surface area contributed by atoms with Gasteiger partial charge in [0.1, 0.15) is 11.6 Å². The lowest BCUT2D eigenvalue weighted by Gasteiger charge is -1.98. The molecule has 2 N–H and O–H groups in total. The van der Waals surface area contributed by atoms with Gasteiger partial charge in [-0.3, -0.25) is 4.68 Å². The van der Waals surface area contributed by atoms with Crippen molar-refractivity contribution >= 4 is 0 Å². The predicted molar refractivity (Wildman–Crippen MR) is 62.7 cm³/mol. The van der Waals surface area contributed by atoms with E-state index in [0.717, 1.165) is 30.1 Å². The molecule has 5 heteroatoms. The van der Waals surface area contributed by atoms with Gasteiger partial charge in [-0.1, -0.05) is 12.1 Å². The Hall–Kier alpha value is -1.75. The van der Waals surface area contributed by atoms with Crippen LogP contribution in [-0.2, 0) is 26.4 Å². The van der Waals surface area contributed by atoms with E-state index in [1.54, 1.807) is 16.8 Å². The van der Waals surface area contributed by atoms with Crippen molar-refractivity contribution in [1.82, 2.24) is 14.8 Å². The van der Waals surface area contributed by atoms with Crippen molar-refractivity contribution in [2.75, 3.05) is 0 Å². The molecule has 0 aliphatic heterocycles. The van der Waals surface area contributed by atoms with E-state index >= 15 is 0 Å². The van der Waals surface area contributed by atoms with E-state index in [0.29, 0.717) is 6.54 Å². The SMILES string of the molecule is Cn1nc(CCc2ccc(F)cc2)nc1CN. The van der Waals surface area contributed by atoms with Crippen molar-refractivity contribution in [3.63, 3.8) is 0 Å². The summed E-state index contributed by atoms with van der Waals surface area (Å²) in [7, 11) is 1.83. The second-order valence-electron chi connectivity index (χ2n) is 3.90. The summed E-state index contributed by atoms with van der Waals surface area (Å²) in [5.41, 5.74) is 6.60. The summed E-state index contributed by atoms with van der Waals surface area (Å²) in [4.78, 5) is 4.31.